The first-order chi connectivity index (χ1) is 11.5. The van der Waals surface area contributed by atoms with Crippen molar-refractivity contribution in [2.75, 3.05) is 5.32 Å². The molecular weight excluding hydrogens is 302 g/mol. The Labute approximate surface area is 140 Å². The maximum Gasteiger partial charge on any atom is 0.336 e. The quantitative estimate of drug-likeness (QED) is 0.703. The lowest BCUT2D eigenvalue weighted by atomic mass is 10.0. The van der Waals surface area contributed by atoms with Gasteiger partial charge in [0.05, 0.1) is 0 Å². The Hall–Kier alpha value is -2.75. The normalized spacial score (nSPS) is 11.0. The van der Waals surface area contributed by atoms with Gasteiger partial charge in [-0.15, -0.1) is 0 Å². The highest BCUT2D eigenvalue weighted by molar-refractivity contribution is 5.83. The van der Waals surface area contributed by atoms with Crippen molar-refractivity contribution in [1.82, 2.24) is 0 Å². The fourth-order valence-electron chi connectivity index (χ4n) is 3.01. The molecule has 0 saturated heterocycles. The van der Waals surface area contributed by atoms with Crippen LogP contribution in [-0.4, -0.2) is 5.11 Å². The maximum atomic E-state index is 11.8. The lowest BCUT2D eigenvalue weighted by Crippen LogP contribution is -2.06. The minimum absolute atomic E-state index is 0.160. The fraction of sp³-hybridized carbons (Fsp3) is 0.250. The number of hydrogen-bond donors (Lipinski definition) is 2. The number of aromatic hydroxyl groups is 1. The molecule has 2 aromatic carbocycles. The molecule has 4 heteroatoms. The summed E-state index contributed by atoms with van der Waals surface area (Å²) in [4.78, 5) is 11.8. The zero-order valence-corrected chi connectivity index (χ0v) is 14.1. The molecule has 3 rings (SSSR count). The van der Waals surface area contributed by atoms with Gasteiger partial charge in [-0.05, 0) is 60.7 Å². The highest BCUT2D eigenvalue weighted by Crippen LogP contribution is 2.27. The van der Waals surface area contributed by atoms with Crippen LogP contribution >= 0.6 is 0 Å². The number of anilines is 1. The van der Waals surface area contributed by atoms with Crippen LogP contribution in [0.3, 0.4) is 0 Å². The number of benzene rings is 2. The molecule has 0 radical (unpaired) electrons. The summed E-state index contributed by atoms with van der Waals surface area (Å²) in [7, 11) is 0. The first kappa shape index (κ1) is 16.1. The molecule has 2 N–H and O–H groups in total. The Kier molecular flexibility index (Phi) is 4.30. The van der Waals surface area contributed by atoms with Crippen LogP contribution < -0.4 is 10.9 Å². The molecule has 0 spiro atoms. The van der Waals surface area contributed by atoms with Gasteiger partial charge >= 0.3 is 5.63 Å². The van der Waals surface area contributed by atoms with E-state index in [9.17, 15) is 9.90 Å². The number of hydrogen-bond acceptors (Lipinski definition) is 4. The zero-order valence-electron chi connectivity index (χ0n) is 14.1. The molecule has 0 aliphatic heterocycles. The number of aryl methyl sites for hydroxylation is 3. The number of phenols is 1. The van der Waals surface area contributed by atoms with Crippen molar-refractivity contribution in [2.45, 2.75) is 33.7 Å². The van der Waals surface area contributed by atoms with E-state index in [1.165, 1.54) is 23.3 Å². The molecule has 0 fully saturated rings. The third kappa shape index (κ3) is 3.27. The van der Waals surface area contributed by atoms with E-state index in [2.05, 4.69) is 37.4 Å². The molecule has 0 aliphatic rings. The van der Waals surface area contributed by atoms with Gasteiger partial charge in [-0.3, -0.25) is 0 Å². The predicted molar refractivity (Wildman–Crippen MR) is 96.8 cm³/mol. The highest BCUT2D eigenvalue weighted by atomic mass is 16.4. The third-order valence-electron chi connectivity index (χ3n) is 4.11. The molecule has 0 saturated carbocycles. The van der Waals surface area contributed by atoms with Crippen LogP contribution in [0.15, 0.2) is 45.6 Å². The molecule has 0 unspecified atom stereocenters. The van der Waals surface area contributed by atoms with Crippen molar-refractivity contribution in [1.29, 1.82) is 0 Å². The zero-order chi connectivity index (χ0) is 17.3. The molecule has 1 heterocycles. The standard InChI is InChI=1S/C20H21NO3/c1-4-14-8-17-15(9-20(23)24-19(17)10-18(14)22)11-21-16-6-12(2)5-13(3)7-16/h5-10,21-22H,4,11H2,1-3H3. The molecule has 24 heavy (non-hydrogen) atoms. The van der Waals surface area contributed by atoms with Crippen LogP contribution in [0.4, 0.5) is 5.69 Å². The van der Waals surface area contributed by atoms with Crippen molar-refractivity contribution in [2.24, 2.45) is 0 Å². The van der Waals surface area contributed by atoms with Gasteiger partial charge in [0.2, 0.25) is 0 Å². The van der Waals surface area contributed by atoms with Gasteiger partial charge in [0.25, 0.3) is 0 Å². The van der Waals surface area contributed by atoms with Crippen LogP contribution in [-0.2, 0) is 13.0 Å². The molecule has 4 nitrogen and oxygen atoms in total. The maximum absolute atomic E-state index is 11.8. The average molecular weight is 323 g/mol. The monoisotopic (exact) mass is 323 g/mol. The Morgan fingerprint density at radius 1 is 1.00 bits per heavy atom. The third-order valence-corrected chi connectivity index (χ3v) is 4.11. The average Bonchev–Trinajstić information content (AvgIpc) is 2.51. The van der Waals surface area contributed by atoms with E-state index < -0.39 is 5.63 Å². The molecule has 0 aliphatic carbocycles. The Balaban J connectivity index is 2.00. The predicted octanol–water partition coefficient (Wildman–Crippen LogP) is 4.29. The van der Waals surface area contributed by atoms with Gasteiger partial charge in [0, 0.05) is 29.8 Å². The van der Waals surface area contributed by atoms with E-state index in [1.807, 2.05) is 13.0 Å². The minimum atomic E-state index is -0.414. The lowest BCUT2D eigenvalue weighted by molar-refractivity contribution is 0.466. The summed E-state index contributed by atoms with van der Waals surface area (Å²) in [5, 5.41) is 14.2. The molecule has 3 aromatic rings. The van der Waals surface area contributed by atoms with Crippen molar-refractivity contribution in [3.8, 4) is 5.75 Å². The summed E-state index contributed by atoms with van der Waals surface area (Å²) < 4.78 is 5.23. The topological polar surface area (TPSA) is 62.5 Å². The van der Waals surface area contributed by atoms with Gasteiger partial charge in [-0.1, -0.05) is 13.0 Å². The van der Waals surface area contributed by atoms with Crippen molar-refractivity contribution < 1.29 is 9.52 Å². The van der Waals surface area contributed by atoms with Gasteiger partial charge in [0.1, 0.15) is 11.3 Å². The van der Waals surface area contributed by atoms with E-state index in [0.29, 0.717) is 18.5 Å². The Morgan fingerprint density at radius 2 is 1.71 bits per heavy atom. The van der Waals surface area contributed by atoms with E-state index in [1.54, 1.807) is 0 Å². The summed E-state index contributed by atoms with van der Waals surface area (Å²) in [6.45, 7) is 6.61. The molecule has 0 atom stereocenters. The Morgan fingerprint density at radius 3 is 2.38 bits per heavy atom. The molecule has 124 valence electrons. The molecule has 0 bridgehead atoms. The second-order valence-corrected chi connectivity index (χ2v) is 6.15. The van der Waals surface area contributed by atoms with Crippen LogP contribution in [0.2, 0.25) is 0 Å². The van der Waals surface area contributed by atoms with E-state index in [4.69, 9.17) is 4.42 Å². The van der Waals surface area contributed by atoms with Gasteiger partial charge < -0.3 is 14.8 Å². The van der Waals surface area contributed by atoms with Crippen LogP contribution in [0.1, 0.15) is 29.2 Å². The van der Waals surface area contributed by atoms with E-state index >= 15 is 0 Å². The van der Waals surface area contributed by atoms with Crippen LogP contribution in [0, 0.1) is 13.8 Å². The number of rotatable bonds is 4. The number of nitrogens with one attached hydrogen (secondary N) is 1. The summed E-state index contributed by atoms with van der Waals surface area (Å²) in [5.41, 5.74) is 5.08. The molecular formula is C20H21NO3. The summed E-state index contributed by atoms with van der Waals surface area (Å²) in [6.07, 6.45) is 0.713. The van der Waals surface area contributed by atoms with Gasteiger partial charge in [-0.25, -0.2) is 4.79 Å². The fourth-order valence-corrected chi connectivity index (χ4v) is 3.01. The first-order valence-electron chi connectivity index (χ1n) is 8.07. The SMILES string of the molecule is CCc1cc2c(CNc3cc(C)cc(C)c3)cc(=O)oc2cc1O. The smallest absolute Gasteiger partial charge is 0.336 e. The summed E-state index contributed by atoms with van der Waals surface area (Å²) >= 11 is 0. The number of phenolic OH excluding ortho intramolecular Hbond substituents is 1. The summed E-state index contributed by atoms with van der Waals surface area (Å²) in [5.74, 6) is 0.160. The van der Waals surface area contributed by atoms with Crippen molar-refractivity contribution in [3.63, 3.8) is 0 Å². The second kappa shape index (κ2) is 6.40. The first-order valence-corrected chi connectivity index (χ1v) is 8.07. The number of fused-ring (bicyclic) bond motifs is 1. The van der Waals surface area contributed by atoms with Gasteiger partial charge in [0.15, 0.2) is 0 Å². The van der Waals surface area contributed by atoms with Crippen molar-refractivity contribution in [3.05, 3.63) is 69.1 Å². The largest absolute Gasteiger partial charge is 0.508 e. The van der Waals surface area contributed by atoms with Crippen LogP contribution in [0.5, 0.6) is 5.75 Å². The van der Waals surface area contributed by atoms with E-state index in [-0.39, 0.29) is 5.75 Å². The Bertz CT molecular complexity index is 937. The van der Waals surface area contributed by atoms with Crippen molar-refractivity contribution >= 4 is 16.7 Å². The van der Waals surface area contributed by atoms with Gasteiger partial charge in [-0.2, -0.15) is 0 Å². The second-order valence-electron chi connectivity index (χ2n) is 6.15. The minimum Gasteiger partial charge on any atom is -0.508 e. The van der Waals surface area contributed by atoms with Crippen LogP contribution in [0.25, 0.3) is 11.0 Å². The molecule has 0 amide bonds. The lowest BCUT2D eigenvalue weighted by Gasteiger charge is -2.11. The highest BCUT2D eigenvalue weighted by Gasteiger charge is 2.10. The summed E-state index contributed by atoms with van der Waals surface area (Å²) in [6, 6.07) is 11.2. The molecule has 1 aromatic heterocycles. The van der Waals surface area contributed by atoms with E-state index in [0.717, 1.165) is 22.2 Å².